The van der Waals surface area contributed by atoms with Gasteiger partial charge in [0, 0.05) is 18.6 Å². The van der Waals surface area contributed by atoms with E-state index in [1.807, 2.05) is 0 Å². The fraction of sp³-hybridized carbons (Fsp3) is 0.545. The first-order chi connectivity index (χ1) is 8.10. The molecule has 2 rings (SSSR count). The summed E-state index contributed by atoms with van der Waals surface area (Å²) < 4.78 is 5.63. The first-order valence-electron chi connectivity index (χ1n) is 5.45. The number of aliphatic hydroxyl groups is 2. The van der Waals surface area contributed by atoms with E-state index in [9.17, 15) is 9.90 Å². The maximum absolute atomic E-state index is 11.7. The van der Waals surface area contributed by atoms with Crippen molar-refractivity contribution in [2.75, 3.05) is 6.61 Å². The monoisotopic (exact) mass is 303 g/mol. The van der Waals surface area contributed by atoms with E-state index in [4.69, 9.17) is 9.52 Å². The lowest BCUT2D eigenvalue weighted by molar-refractivity contribution is 0.0894. The molecule has 3 N–H and O–H groups in total. The van der Waals surface area contributed by atoms with Crippen molar-refractivity contribution in [2.45, 2.75) is 25.0 Å². The zero-order chi connectivity index (χ0) is 12.4. The van der Waals surface area contributed by atoms with E-state index in [1.54, 1.807) is 12.1 Å². The molecule has 3 atom stereocenters. The molecule has 94 valence electrons. The molecular weight excluding hydrogens is 290 g/mol. The molecule has 1 aliphatic rings. The van der Waals surface area contributed by atoms with Crippen LogP contribution >= 0.6 is 15.9 Å². The van der Waals surface area contributed by atoms with Crippen molar-refractivity contribution in [3.63, 3.8) is 0 Å². The van der Waals surface area contributed by atoms with Gasteiger partial charge in [0.15, 0.2) is 10.4 Å². The van der Waals surface area contributed by atoms with Gasteiger partial charge >= 0.3 is 0 Å². The van der Waals surface area contributed by atoms with Gasteiger partial charge in [-0.3, -0.25) is 4.79 Å². The average molecular weight is 304 g/mol. The number of aliphatic hydroxyl groups excluding tert-OH is 2. The molecule has 0 aliphatic heterocycles. The SMILES string of the molecule is O=C(N[C@H]1C[C@@H](CO)[C@@H](O)C1)c1ccc(Br)o1. The normalized spacial score (nSPS) is 28.3. The summed E-state index contributed by atoms with van der Waals surface area (Å²) >= 11 is 3.12. The molecule has 0 radical (unpaired) electrons. The van der Waals surface area contributed by atoms with Gasteiger partial charge in [-0.05, 0) is 40.9 Å². The highest BCUT2D eigenvalue weighted by atomic mass is 79.9. The van der Waals surface area contributed by atoms with Gasteiger partial charge in [-0.15, -0.1) is 0 Å². The first kappa shape index (κ1) is 12.6. The van der Waals surface area contributed by atoms with Crippen molar-refractivity contribution in [1.82, 2.24) is 5.32 Å². The maximum Gasteiger partial charge on any atom is 0.287 e. The fourth-order valence-corrected chi connectivity index (χ4v) is 2.42. The quantitative estimate of drug-likeness (QED) is 0.775. The lowest BCUT2D eigenvalue weighted by Crippen LogP contribution is -2.33. The zero-order valence-electron chi connectivity index (χ0n) is 9.10. The molecule has 1 heterocycles. The van der Waals surface area contributed by atoms with E-state index in [0.29, 0.717) is 17.5 Å². The third-order valence-corrected chi connectivity index (χ3v) is 3.45. The second-order valence-electron chi connectivity index (χ2n) is 4.26. The van der Waals surface area contributed by atoms with Crippen LogP contribution in [0.5, 0.6) is 0 Å². The molecule has 1 aliphatic carbocycles. The van der Waals surface area contributed by atoms with Crippen LogP contribution < -0.4 is 5.32 Å². The number of halogens is 1. The molecule has 1 saturated carbocycles. The van der Waals surface area contributed by atoms with Crippen LogP contribution in [0, 0.1) is 5.92 Å². The predicted molar refractivity (Wildman–Crippen MR) is 63.5 cm³/mol. The third kappa shape index (κ3) is 2.88. The van der Waals surface area contributed by atoms with Gasteiger partial charge in [0.2, 0.25) is 0 Å². The minimum absolute atomic E-state index is 0.0557. The lowest BCUT2D eigenvalue weighted by Gasteiger charge is -2.10. The largest absolute Gasteiger partial charge is 0.444 e. The molecule has 0 aromatic carbocycles. The van der Waals surface area contributed by atoms with E-state index in [2.05, 4.69) is 21.2 Å². The van der Waals surface area contributed by atoms with Gasteiger partial charge in [-0.25, -0.2) is 0 Å². The Morgan fingerprint density at radius 2 is 2.29 bits per heavy atom. The summed E-state index contributed by atoms with van der Waals surface area (Å²) in [6.07, 6.45) is 0.512. The highest BCUT2D eigenvalue weighted by Crippen LogP contribution is 2.26. The molecule has 1 aromatic heterocycles. The average Bonchev–Trinajstić information content (AvgIpc) is 2.85. The second-order valence-corrected chi connectivity index (χ2v) is 5.04. The lowest BCUT2D eigenvalue weighted by atomic mass is 10.1. The van der Waals surface area contributed by atoms with Crippen molar-refractivity contribution < 1.29 is 19.4 Å². The van der Waals surface area contributed by atoms with Gasteiger partial charge < -0.3 is 19.9 Å². The Morgan fingerprint density at radius 3 is 2.82 bits per heavy atom. The number of carbonyl (C=O) groups is 1. The van der Waals surface area contributed by atoms with Crippen molar-refractivity contribution in [3.8, 4) is 0 Å². The number of rotatable bonds is 3. The van der Waals surface area contributed by atoms with Gasteiger partial charge in [0.25, 0.3) is 5.91 Å². The first-order valence-corrected chi connectivity index (χ1v) is 6.24. The number of furan rings is 1. The van der Waals surface area contributed by atoms with Crippen molar-refractivity contribution in [1.29, 1.82) is 0 Å². The van der Waals surface area contributed by atoms with Crippen molar-refractivity contribution in [2.24, 2.45) is 5.92 Å². The van der Waals surface area contributed by atoms with Crippen LogP contribution in [-0.2, 0) is 0 Å². The molecule has 6 heteroatoms. The van der Waals surface area contributed by atoms with Gasteiger partial charge in [0.05, 0.1) is 6.10 Å². The standard InChI is InChI=1S/C11H14BrNO4/c12-10-2-1-9(17-10)11(16)13-7-3-6(5-14)8(15)4-7/h1-2,6-8,14-15H,3-5H2,(H,13,16)/t6-,7-,8-/m0/s1. The smallest absolute Gasteiger partial charge is 0.287 e. The van der Waals surface area contributed by atoms with Crippen LogP contribution in [0.4, 0.5) is 0 Å². The van der Waals surface area contributed by atoms with Crippen molar-refractivity contribution in [3.05, 3.63) is 22.6 Å². The highest BCUT2D eigenvalue weighted by molar-refractivity contribution is 9.10. The molecule has 1 amide bonds. The summed E-state index contributed by atoms with van der Waals surface area (Å²) in [6.45, 7) is -0.0557. The fourth-order valence-electron chi connectivity index (χ4n) is 2.11. The van der Waals surface area contributed by atoms with Crippen LogP contribution in [0.3, 0.4) is 0 Å². The van der Waals surface area contributed by atoms with Crippen LogP contribution in [0.2, 0.25) is 0 Å². The van der Waals surface area contributed by atoms with E-state index in [0.717, 1.165) is 0 Å². The summed E-state index contributed by atoms with van der Waals surface area (Å²) in [4.78, 5) is 11.7. The molecule has 17 heavy (non-hydrogen) atoms. The summed E-state index contributed by atoms with van der Waals surface area (Å²) in [6, 6.07) is 3.11. The van der Waals surface area contributed by atoms with Crippen LogP contribution in [0.1, 0.15) is 23.4 Å². The maximum atomic E-state index is 11.7. The third-order valence-electron chi connectivity index (χ3n) is 3.02. The topological polar surface area (TPSA) is 82.7 Å². The van der Waals surface area contributed by atoms with Crippen LogP contribution in [0.25, 0.3) is 0 Å². The number of nitrogens with one attached hydrogen (secondary N) is 1. The highest BCUT2D eigenvalue weighted by Gasteiger charge is 2.33. The Hall–Kier alpha value is -0.850. The number of hydrogen-bond donors (Lipinski definition) is 3. The summed E-state index contributed by atoms with van der Waals surface area (Å²) in [5, 5.41) is 21.4. The molecule has 0 spiro atoms. The molecule has 0 bridgehead atoms. The van der Waals surface area contributed by atoms with Crippen LogP contribution in [-0.4, -0.2) is 34.9 Å². The van der Waals surface area contributed by atoms with E-state index < -0.39 is 6.10 Å². The van der Waals surface area contributed by atoms with E-state index in [-0.39, 0.29) is 30.2 Å². The minimum Gasteiger partial charge on any atom is -0.444 e. The summed E-state index contributed by atoms with van der Waals surface area (Å²) in [5.74, 6) is -0.214. The Kier molecular flexibility index (Phi) is 3.86. The Labute approximate surface area is 107 Å². The molecule has 1 fully saturated rings. The van der Waals surface area contributed by atoms with Gasteiger partial charge in [-0.1, -0.05) is 0 Å². The van der Waals surface area contributed by atoms with E-state index >= 15 is 0 Å². The molecule has 0 unspecified atom stereocenters. The number of hydrogen-bond acceptors (Lipinski definition) is 4. The van der Waals surface area contributed by atoms with Gasteiger partial charge in [-0.2, -0.15) is 0 Å². The number of carbonyl (C=O) groups excluding carboxylic acids is 1. The Balaban J connectivity index is 1.92. The summed E-state index contributed by atoms with van der Waals surface area (Å²) in [5.41, 5.74) is 0. The van der Waals surface area contributed by atoms with Crippen molar-refractivity contribution >= 4 is 21.8 Å². The molecule has 0 saturated heterocycles. The van der Waals surface area contributed by atoms with Crippen LogP contribution in [0.15, 0.2) is 21.2 Å². The summed E-state index contributed by atoms with van der Waals surface area (Å²) in [7, 11) is 0. The minimum atomic E-state index is -0.548. The Morgan fingerprint density at radius 1 is 1.53 bits per heavy atom. The molecule has 5 nitrogen and oxygen atoms in total. The molecular formula is C11H14BrNO4. The predicted octanol–water partition coefficient (Wildman–Crippen LogP) is 0.904. The zero-order valence-corrected chi connectivity index (χ0v) is 10.7. The second kappa shape index (κ2) is 5.20. The number of amides is 1. The molecule has 1 aromatic rings. The van der Waals surface area contributed by atoms with E-state index in [1.165, 1.54) is 0 Å². The van der Waals surface area contributed by atoms with Gasteiger partial charge in [0.1, 0.15) is 0 Å². The Bertz CT molecular complexity index is 406.